The van der Waals surface area contributed by atoms with E-state index in [1.165, 1.54) is 12.3 Å². The molecule has 0 aliphatic heterocycles. The molecule has 3 heteroatoms. The molecule has 3 nitrogen and oxygen atoms in total. The van der Waals surface area contributed by atoms with Crippen LogP contribution in [0.15, 0.2) is 25.0 Å². The Labute approximate surface area is 72.7 Å². The van der Waals surface area contributed by atoms with Crippen molar-refractivity contribution < 1.29 is 14.3 Å². The van der Waals surface area contributed by atoms with Gasteiger partial charge in [-0.25, -0.2) is 4.79 Å². The average molecular weight is 170 g/mol. The van der Waals surface area contributed by atoms with Crippen LogP contribution in [0, 0.1) is 0 Å². The summed E-state index contributed by atoms with van der Waals surface area (Å²) in [5, 5.41) is 0. The number of esters is 1. The van der Waals surface area contributed by atoms with E-state index >= 15 is 0 Å². The lowest BCUT2D eigenvalue weighted by Gasteiger charge is -2.09. The van der Waals surface area contributed by atoms with Crippen LogP contribution in [0.25, 0.3) is 0 Å². The monoisotopic (exact) mass is 170 g/mol. The van der Waals surface area contributed by atoms with Gasteiger partial charge in [-0.1, -0.05) is 18.7 Å². The van der Waals surface area contributed by atoms with Gasteiger partial charge >= 0.3 is 5.97 Å². The van der Waals surface area contributed by atoms with E-state index < -0.39 is 6.10 Å². The van der Waals surface area contributed by atoms with E-state index in [0.29, 0.717) is 0 Å². The summed E-state index contributed by atoms with van der Waals surface area (Å²) in [6.07, 6.45) is 4.12. The van der Waals surface area contributed by atoms with Gasteiger partial charge < -0.3 is 9.47 Å². The molecule has 0 aromatic heterocycles. The molecule has 68 valence electrons. The van der Waals surface area contributed by atoms with Crippen molar-refractivity contribution >= 4 is 5.97 Å². The number of allylic oxidation sites excluding steroid dienone is 1. The van der Waals surface area contributed by atoms with Crippen LogP contribution in [-0.4, -0.2) is 18.7 Å². The first kappa shape index (κ1) is 10.8. The van der Waals surface area contributed by atoms with Crippen LogP contribution in [0.5, 0.6) is 0 Å². The Morgan fingerprint density at radius 1 is 1.67 bits per heavy atom. The van der Waals surface area contributed by atoms with E-state index in [9.17, 15) is 4.79 Å². The van der Waals surface area contributed by atoms with Crippen LogP contribution >= 0.6 is 0 Å². The number of ether oxygens (including phenoxy) is 2. The second-order valence-corrected chi connectivity index (χ2v) is 2.17. The lowest BCUT2D eigenvalue weighted by Crippen LogP contribution is -2.21. The maximum absolute atomic E-state index is 11.0. The van der Waals surface area contributed by atoms with Gasteiger partial charge in [0.05, 0.1) is 6.26 Å². The molecular formula is C9H14O3. The quantitative estimate of drug-likeness (QED) is 0.357. The third-order valence-electron chi connectivity index (χ3n) is 1.09. The van der Waals surface area contributed by atoms with Gasteiger partial charge in [0, 0.05) is 0 Å². The van der Waals surface area contributed by atoms with E-state index in [4.69, 9.17) is 9.47 Å². The Morgan fingerprint density at radius 3 is 2.83 bits per heavy atom. The second-order valence-electron chi connectivity index (χ2n) is 2.17. The van der Waals surface area contributed by atoms with Gasteiger partial charge in [-0.3, -0.25) is 0 Å². The molecule has 0 amide bonds. The van der Waals surface area contributed by atoms with Crippen molar-refractivity contribution in [2.45, 2.75) is 20.0 Å². The number of carbonyl (C=O) groups is 1. The molecule has 0 rings (SSSR count). The van der Waals surface area contributed by atoms with E-state index in [0.717, 1.165) is 0 Å². The van der Waals surface area contributed by atoms with Crippen molar-refractivity contribution in [3.8, 4) is 0 Å². The predicted molar refractivity (Wildman–Crippen MR) is 46.5 cm³/mol. The first-order chi connectivity index (χ1) is 5.72. The van der Waals surface area contributed by atoms with Crippen LogP contribution in [0.1, 0.15) is 13.8 Å². The lowest BCUT2D eigenvalue weighted by molar-refractivity contribution is -0.151. The van der Waals surface area contributed by atoms with Gasteiger partial charge in [0.25, 0.3) is 0 Å². The Balaban J connectivity index is 3.68. The number of carbonyl (C=O) groups excluding carboxylic acids is 1. The molecule has 0 saturated heterocycles. The Morgan fingerprint density at radius 2 is 2.33 bits per heavy atom. The largest absolute Gasteiger partial charge is 0.487 e. The molecular weight excluding hydrogens is 156 g/mol. The molecule has 1 unspecified atom stereocenters. The fourth-order valence-corrected chi connectivity index (χ4v) is 0.510. The SMILES string of the molecule is C=CCOC(=O)C(C)OC=CC. The topological polar surface area (TPSA) is 35.5 Å². The Hall–Kier alpha value is -1.25. The van der Waals surface area contributed by atoms with Gasteiger partial charge in [0.2, 0.25) is 0 Å². The molecule has 0 bridgehead atoms. The zero-order valence-electron chi connectivity index (χ0n) is 7.45. The number of rotatable bonds is 5. The van der Waals surface area contributed by atoms with Crippen molar-refractivity contribution in [1.29, 1.82) is 0 Å². The summed E-state index contributed by atoms with van der Waals surface area (Å²) >= 11 is 0. The fourth-order valence-electron chi connectivity index (χ4n) is 0.510. The zero-order valence-corrected chi connectivity index (χ0v) is 7.45. The standard InChI is InChI=1S/C9H14O3/c1-4-6-11-8(3)9(10)12-7-5-2/h4-6,8H,2,7H2,1,3H3. The number of hydrogen-bond donors (Lipinski definition) is 0. The summed E-state index contributed by atoms with van der Waals surface area (Å²) in [5.74, 6) is -0.381. The van der Waals surface area contributed by atoms with Gasteiger partial charge in [0.1, 0.15) is 6.61 Å². The molecule has 0 heterocycles. The van der Waals surface area contributed by atoms with Crippen LogP contribution < -0.4 is 0 Å². The molecule has 0 aliphatic rings. The molecule has 0 N–H and O–H groups in total. The summed E-state index contributed by atoms with van der Waals surface area (Å²) < 4.78 is 9.69. The van der Waals surface area contributed by atoms with Crippen LogP contribution in [-0.2, 0) is 14.3 Å². The van der Waals surface area contributed by atoms with Crippen molar-refractivity contribution in [2.75, 3.05) is 6.61 Å². The van der Waals surface area contributed by atoms with E-state index in [2.05, 4.69) is 6.58 Å². The highest BCUT2D eigenvalue weighted by Gasteiger charge is 2.12. The molecule has 0 saturated carbocycles. The summed E-state index contributed by atoms with van der Waals surface area (Å²) in [5.41, 5.74) is 0. The smallest absolute Gasteiger partial charge is 0.347 e. The second kappa shape index (κ2) is 6.46. The van der Waals surface area contributed by atoms with E-state index in [1.54, 1.807) is 13.0 Å². The molecule has 0 radical (unpaired) electrons. The first-order valence-electron chi connectivity index (χ1n) is 3.76. The van der Waals surface area contributed by atoms with Gasteiger partial charge in [-0.2, -0.15) is 0 Å². The lowest BCUT2D eigenvalue weighted by atomic mass is 10.4. The summed E-state index contributed by atoms with van der Waals surface area (Å²) in [7, 11) is 0. The van der Waals surface area contributed by atoms with Crippen molar-refractivity contribution in [3.63, 3.8) is 0 Å². The molecule has 0 aromatic rings. The normalized spacial score (nSPS) is 12.5. The summed E-state index contributed by atoms with van der Waals surface area (Å²) in [4.78, 5) is 11.0. The summed E-state index contributed by atoms with van der Waals surface area (Å²) in [6, 6.07) is 0. The molecule has 0 aliphatic carbocycles. The third kappa shape index (κ3) is 4.55. The van der Waals surface area contributed by atoms with Crippen LogP contribution in [0.4, 0.5) is 0 Å². The van der Waals surface area contributed by atoms with Crippen molar-refractivity contribution in [3.05, 3.63) is 25.0 Å². The Bertz CT molecular complexity index is 173. The molecule has 0 spiro atoms. The van der Waals surface area contributed by atoms with Gasteiger partial charge in [0.15, 0.2) is 6.10 Å². The molecule has 0 aromatic carbocycles. The van der Waals surface area contributed by atoms with Gasteiger partial charge in [-0.05, 0) is 13.8 Å². The first-order valence-corrected chi connectivity index (χ1v) is 3.76. The molecule has 12 heavy (non-hydrogen) atoms. The van der Waals surface area contributed by atoms with Crippen molar-refractivity contribution in [2.24, 2.45) is 0 Å². The minimum absolute atomic E-state index is 0.225. The zero-order chi connectivity index (χ0) is 9.40. The third-order valence-corrected chi connectivity index (χ3v) is 1.09. The van der Waals surface area contributed by atoms with Crippen molar-refractivity contribution in [1.82, 2.24) is 0 Å². The fraction of sp³-hybridized carbons (Fsp3) is 0.444. The Kier molecular flexibility index (Phi) is 5.79. The number of hydrogen-bond acceptors (Lipinski definition) is 3. The van der Waals surface area contributed by atoms with E-state index in [1.807, 2.05) is 6.92 Å². The highest BCUT2D eigenvalue weighted by atomic mass is 16.6. The minimum Gasteiger partial charge on any atom is -0.487 e. The summed E-state index contributed by atoms with van der Waals surface area (Å²) in [6.45, 7) is 7.08. The average Bonchev–Trinajstić information content (AvgIpc) is 2.10. The molecule has 0 fully saturated rings. The van der Waals surface area contributed by atoms with E-state index in [-0.39, 0.29) is 12.6 Å². The predicted octanol–water partition coefficient (Wildman–Crippen LogP) is 1.65. The maximum atomic E-state index is 11.0. The van der Waals surface area contributed by atoms with Crippen LogP contribution in [0.2, 0.25) is 0 Å². The maximum Gasteiger partial charge on any atom is 0.347 e. The highest BCUT2D eigenvalue weighted by Crippen LogP contribution is 1.95. The van der Waals surface area contributed by atoms with Gasteiger partial charge in [-0.15, -0.1) is 0 Å². The van der Waals surface area contributed by atoms with Crippen LogP contribution in [0.3, 0.4) is 0 Å². The molecule has 1 atom stereocenters. The highest BCUT2D eigenvalue weighted by molar-refractivity contribution is 5.74. The minimum atomic E-state index is -0.554.